The molecule has 0 bridgehead atoms. The Bertz CT molecular complexity index is 1080. The van der Waals surface area contributed by atoms with Gasteiger partial charge in [0.05, 0.1) is 10.5 Å². The van der Waals surface area contributed by atoms with Crippen molar-refractivity contribution in [2.75, 3.05) is 0 Å². The van der Waals surface area contributed by atoms with Gasteiger partial charge in [-0.2, -0.15) is 0 Å². The fraction of sp³-hybridized carbons (Fsp3) is 0. The maximum absolute atomic E-state index is 11.8. The van der Waals surface area contributed by atoms with E-state index >= 15 is 0 Å². The molecule has 4 aromatic carbocycles. The van der Waals surface area contributed by atoms with Gasteiger partial charge in [0.2, 0.25) is 0 Å². The number of hydrogen-bond donors (Lipinski definition) is 0. The Morgan fingerprint density at radius 1 is 0.519 bits per heavy atom. The first-order valence-corrected chi connectivity index (χ1v) is 8.73. The van der Waals surface area contributed by atoms with Crippen LogP contribution in [0.2, 0.25) is 0 Å². The number of nitrogens with zero attached hydrogens (tertiary/aromatic N) is 1. The van der Waals surface area contributed by atoms with Crippen LogP contribution in [-0.4, -0.2) is 4.92 Å². The van der Waals surface area contributed by atoms with Crippen molar-refractivity contribution < 1.29 is 4.92 Å². The molecule has 0 N–H and O–H groups in total. The third kappa shape index (κ3) is 3.23. The molecule has 27 heavy (non-hydrogen) atoms. The summed E-state index contributed by atoms with van der Waals surface area (Å²) in [5.74, 6) is 0. The third-order valence-electron chi connectivity index (χ3n) is 4.59. The Morgan fingerprint density at radius 3 is 1.44 bits per heavy atom. The van der Waals surface area contributed by atoms with Crippen molar-refractivity contribution in [1.82, 2.24) is 0 Å². The highest BCUT2D eigenvalue weighted by Gasteiger charge is 2.23. The molecule has 0 atom stereocenters. The zero-order valence-electron chi connectivity index (χ0n) is 14.6. The SMILES string of the molecule is O=[N+]([O-])c1ccc(-c2ccccc2)c(-c2ccccc2)c1-c1ccccc1. The number of benzene rings is 4. The Balaban J connectivity index is 2.13. The summed E-state index contributed by atoms with van der Waals surface area (Å²) in [4.78, 5) is 11.5. The maximum atomic E-state index is 11.8. The summed E-state index contributed by atoms with van der Waals surface area (Å²) in [5.41, 5.74) is 5.43. The van der Waals surface area contributed by atoms with Crippen LogP contribution in [0.5, 0.6) is 0 Å². The predicted molar refractivity (Wildman–Crippen MR) is 109 cm³/mol. The van der Waals surface area contributed by atoms with Gasteiger partial charge in [-0.1, -0.05) is 91.0 Å². The van der Waals surface area contributed by atoms with E-state index in [1.165, 1.54) is 0 Å². The van der Waals surface area contributed by atoms with Crippen molar-refractivity contribution in [3.8, 4) is 33.4 Å². The molecule has 0 unspecified atom stereocenters. The van der Waals surface area contributed by atoms with Gasteiger partial charge in [0.25, 0.3) is 5.69 Å². The lowest BCUT2D eigenvalue weighted by Crippen LogP contribution is -1.97. The minimum absolute atomic E-state index is 0.111. The number of hydrogen-bond acceptors (Lipinski definition) is 2. The topological polar surface area (TPSA) is 43.1 Å². The highest BCUT2D eigenvalue weighted by atomic mass is 16.6. The third-order valence-corrected chi connectivity index (χ3v) is 4.59. The molecule has 0 aliphatic heterocycles. The molecule has 0 aliphatic carbocycles. The second-order valence-corrected chi connectivity index (χ2v) is 6.24. The fourth-order valence-corrected chi connectivity index (χ4v) is 3.40. The van der Waals surface area contributed by atoms with Crippen LogP contribution in [0.25, 0.3) is 33.4 Å². The molecule has 0 aliphatic rings. The van der Waals surface area contributed by atoms with E-state index in [0.29, 0.717) is 5.56 Å². The second-order valence-electron chi connectivity index (χ2n) is 6.24. The first-order chi connectivity index (χ1) is 13.3. The summed E-state index contributed by atoms with van der Waals surface area (Å²) in [6.45, 7) is 0. The fourth-order valence-electron chi connectivity index (χ4n) is 3.40. The van der Waals surface area contributed by atoms with Crippen LogP contribution in [0, 0.1) is 10.1 Å². The standard InChI is InChI=1S/C24H17NO2/c26-25(27)22-17-16-21(18-10-4-1-5-11-18)23(19-12-6-2-7-13-19)24(22)20-14-8-3-9-15-20/h1-17H. The van der Waals surface area contributed by atoms with E-state index in [2.05, 4.69) is 0 Å². The van der Waals surface area contributed by atoms with E-state index in [4.69, 9.17) is 0 Å². The van der Waals surface area contributed by atoms with Crippen LogP contribution >= 0.6 is 0 Å². The molecule has 0 fully saturated rings. The quantitative estimate of drug-likeness (QED) is 0.307. The molecular formula is C24H17NO2. The lowest BCUT2D eigenvalue weighted by molar-refractivity contribution is -0.384. The van der Waals surface area contributed by atoms with Crippen molar-refractivity contribution in [3.63, 3.8) is 0 Å². The van der Waals surface area contributed by atoms with Crippen molar-refractivity contribution in [1.29, 1.82) is 0 Å². The zero-order chi connectivity index (χ0) is 18.6. The van der Waals surface area contributed by atoms with Gasteiger partial charge >= 0.3 is 0 Å². The number of rotatable bonds is 4. The van der Waals surface area contributed by atoms with Crippen LogP contribution < -0.4 is 0 Å². The largest absolute Gasteiger partial charge is 0.277 e. The Labute approximate surface area is 157 Å². The molecule has 0 saturated heterocycles. The first-order valence-electron chi connectivity index (χ1n) is 8.73. The summed E-state index contributed by atoms with van der Waals surface area (Å²) in [5, 5.41) is 11.8. The van der Waals surface area contributed by atoms with E-state index in [9.17, 15) is 10.1 Å². The van der Waals surface area contributed by atoms with Crippen LogP contribution in [0.3, 0.4) is 0 Å². The summed E-state index contributed by atoms with van der Waals surface area (Å²) < 4.78 is 0. The molecule has 4 aromatic rings. The van der Waals surface area contributed by atoms with Crippen molar-refractivity contribution in [3.05, 3.63) is 113 Å². The van der Waals surface area contributed by atoms with Crippen molar-refractivity contribution in [2.24, 2.45) is 0 Å². The monoisotopic (exact) mass is 351 g/mol. The van der Waals surface area contributed by atoms with Gasteiger partial charge in [-0.3, -0.25) is 10.1 Å². The predicted octanol–water partition coefficient (Wildman–Crippen LogP) is 6.60. The second kappa shape index (κ2) is 7.26. The molecule has 130 valence electrons. The van der Waals surface area contributed by atoms with Crippen LogP contribution in [0.1, 0.15) is 0 Å². The van der Waals surface area contributed by atoms with Gasteiger partial charge < -0.3 is 0 Å². The number of nitro benzene ring substituents is 1. The summed E-state index contributed by atoms with van der Waals surface area (Å²) >= 11 is 0. The highest BCUT2D eigenvalue weighted by Crippen LogP contribution is 2.44. The van der Waals surface area contributed by atoms with E-state index in [1.807, 2.05) is 97.1 Å². The molecule has 0 aromatic heterocycles. The van der Waals surface area contributed by atoms with Crippen molar-refractivity contribution in [2.45, 2.75) is 0 Å². The van der Waals surface area contributed by atoms with Crippen LogP contribution in [-0.2, 0) is 0 Å². The zero-order valence-corrected chi connectivity index (χ0v) is 14.6. The molecule has 0 saturated carbocycles. The van der Waals surface area contributed by atoms with Crippen LogP contribution in [0.15, 0.2) is 103 Å². The number of nitro groups is 1. The van der Waals surface area contributed by atoms with Gasteiger partial charge in [-0.15, -0.1) is 0 Å². The molecule has 3 nitrogen and oxygen atoms in total. The summed E-state index contributed by atoms with van der Waals surface area (Å²) in [6.07, 6.45) is 0. The van der Waals surface area contributed by atoms with Gasteiger partial charge in [-0.05, 0) is 28.3 Å². The minimum Gasteiger partial charge on any atom is -0.258 e. The Morgan fingerprint density at radius 2 is 0.963 bits per heavy atom. The molecule has 0 spiro atoms. The molecule has 0 amide bonds. The van der Waals surface area contributed by atoms with Gasteiger partial charge in [0.15, 0.2) is 0 Å². The average molecular weight is 351 g/mol. The lowest BCUT2D eigenvalue weighted by Gasteiger charge is -2.16. The van der Waals surface area contributed by atoms with Crippen molar-refractivity contribution >= 4 is 5.69 Å². The molecule has 3 heteroatoms. The van der Waals surface area contributed by atoms with Crippen LogP contribution in [0.4, 0.5) is 5.69 Å². The average Bonchev–Trinajstić information content (AvgIpc) is 2.74. The van der Waals surface area contributed by atoms with E-state index in [1.54, 1.807) is 6.07 Å². The Kier molecular flexibility index (Phi) is 4.50. The summed E-state index contributed by atoms with van der Waals surface area (Å²) in [6, 6.07) is 32.9. The van der Waals surface area contributed by atoms with E-state index in [-0.39, 0.29) is 10.6 Å². The Hall–Kier alpha value is -3.72. The van der Waals surface area contributed by atoms with Gasteiger partial charge in [-0.25, -0.2) is 0 Å². The molecule has 0 heterocycles. The summed E-state index contributed by atoms with van der Waals surface area (Å²) in [7, 11) is 0. The highest BCUT2D eigenvalue weighted by molar-refractivity contribution is 5.98. The minimum atomic E-state index is -0.302. The van der Waals surface area contributed by atoms with Gasteiger partial charge in [0, 0.05) is 11.6 Å². The van der Waals surface area contributed by atoms with E-state index < -0.39 is 0 Å². The normalized spacial score (nSPS) is 10.5. The molecule has 0 radical (unpaired) electrons. The molecular weight excluding hydrogens is 334 g/mol. The smallest absolute Gasteiger partial charge is 0.258 e. The lowest BCUT2D eigenvalue weighted by atomic mass is 9.86. The van der Waals surface area contributed by atoms with Gasteiger partial charge in [0.1, 0.15) is 0 Å². The van der Waals surface area contributed by atoms with E-state index in [0.717, 1.165) is 27.8 Å². The first kappa shape index (κ1) is 16.7. The molecule has 4 rings (SSSR count). The maximum Gasteiger partial charge on any atom is 0.277 e.